The van der Waals surface area contributed by atoms with E-state index in [1.807, 2.05) is 0 Å². The lowest BCUT2D eigenvalue weighted by atomic mass is 9.72. The zero-order valence-corrected chi connectivity index (χ0v) is 12.5. The van der Waals surface area contributed by atoms with Crippen LogP contribution in [-0.4, -0.2) is 4.57 Å². The number of hydrogen-bond acceptors (Lipinski definition) is 0. The van der Waals surface area contributed by atoms with Crippen LogP contribution in [0.4, 0.5) is 0 Å². The standard InChI is InChI=1S/C20H19N/c1-20(15-9-4-3-5-10-15)14-8-13-18-19(20)16-11-6-7-12-17(16)21(18)2/h3-12,14H,13H2,1-2H3. The Morgan fingerprint density at radius 1 is 0.952 bits per heavy atom. The molecular weight excluding hydrogens is 254 g/mol. The monoisotopic (exact) mass is 273 g/mol. The fourth-order valence-electron chi connectivity index (χ4n) is 3.78. The Labute approximate surface area is 125 Å². The van der Waals surface area contributed by atoms with Gasteiger partial charge in [-0.05, 0) is 24.1 Å². The Morgan fingerprint density at radius 3 is 2.48 bits per heavy atom. The van der Waals surface area contributed by atoms with Gasteiger partial charge in [0.1, 0.15) is 0 Å². The second-order valence-electron chi connectivity index (χ2n) is 6.07. The number of aromatic nitrogens is 1. The van der Waals surface area contributed by atoms with Gasteiger partial charge in [0.25, 0.3) is 0 Å². The fraction of sp³-hybridized carbons (Fsp3) is 0.200. The van der Waals surface area contributed by atoms with Gasteiger partial charge < -0.3 is 4.57 Å². The first-order chi connectivity index (χ1) is 10.2. The average Bonchev–Trinajstić information content (AvgIpc) is 2.83. The van der Waals surface area contributed by atoms with Gasteiger partial charge in [0, 0.05) is 35.5 Å². The molecule has 1 heteroatoms. The highest BCUT2D eigenvalue weighted by Gasteiger charge is 2.34. The largest absolute Gasteiger partial charge is 0.347 e. The van der Waals surface area contributed by atoms with E-state index < -0.39 is 0 Å². The Balaban J connectivity index is 2.09. The lowest BCUT2D eigenvalue weighted by Gasteiger charge is -2.31. The minimum absolute atomic E-state index is 0.0459. The van der Waals surface area contributed by atoms with Gasteiger partial charge in [-0.15, -0.1) is 0 Å². The highest BCUT2D eigenvalue weighted by Crippen LogP contribution is 2.43. The van der Waals surface area contributed by atoms with Gasteiger partial charge in [-0.25, -0.2) is 0 Å². The minimum Gasteiger partial charge on any atom is -0.347 e. The maximum atomic E-state index is 2.37. The molecule has 0 aliphatic heterocycles. The molecule has 1 nitrogen and oxygen atoms in total. The van der Waals surface area contributed by atoms with Crippen LogP contribution in [0.5, 0.6) is 0 Å². The molecule has 0 N–H and O–H groups in total. The van der Waals surface area contributed by atoms with E-state index in [0.29, 0.717) is 0 Å². The summed E-state index contributed by atoms with van der Waals surface area (Å²) in [6.07, 6.45) is 5.70. The van der Waals surface area contributed by atoms with Crippen molar-refractivity contribution in [3.8, 4) is 0 Å². The molecule has 0 spiro atoms. The number of nitrogens with zero attached hydrogens (tertiary/aromatic N) is 1. The smallest absolute Gasteiger partial charge is 0.0483 e. The second kappa shape index (κ2) is 4.36. The van der Waals surface area contributed by atoms with Crippen molar-refractivity contribution in [3.05, 3.63) is 83.6 Å². The SMILES string of the molecule is Cn1c2c(c3ccccc31)C(C)(c1ccccc1)C=CC2. The normalized spacial score (nSPS) is 20.7. The summed E-state index contributed by atoms with van der Waals surface area (Å²) in [6.45, 7) is 2.34. The summed E-state index contributed by atoms with van der Waals surface area (Å²) in [5.41, 5.74) is 5.54. The quantitative estimate of drug-likeness (QED) is 0.571. The molecule has 21 heavy (non-hydrogen) atoms. The lowest BCUT2D eigenvalue weighted by molar-refractivity contribution is 0.687. The summed E-state index contributed by atoms with van der Waals surface area (Å²) in [7, 11) is 2.19. The summed E-state index contributed by atoms with van der Waals surface area (Å²) < 4.78 is 2.36. The third-order valence-corrected chi connectivity index (χ3v) is 4.88. The molecule has 1 unspecified atom stereocenters. The van der Waals surface area contributed by atoms with E-state index >= 15 is 0 Å². The number of hydrogen-bond donors (Lipinski definition) is 0. The van der Waals surface area contributed by atoms with Gasteiger partial charge in [-0.3, -0.25) is 0 Å². The molecule has 0 saturated heterocycles. The first kappa shape index (κ1) is 12.5. The van der Waals surface area contributed by atoms with Crippen molar-refractivity contribution >= 4 is 10.9 Å². The maximum Gasteiger partial charge on any atom is 0.0483 e. The molecule has 1 aromatic heterocycles. The van der Waals surface area contributed by atoms with Crippen LogP contribution >= 0.6 is 0 Å². The predicted molar refractivity (Wildman–Crippen MR) is 88.7 cm³/mol. The molecule has 0 bridgehead atoms. The van der Waals surface area contributed by atoms with Crippen molar-refractivity contribution in [2.24, 2.45) is 7.05 Å². The number of benzene rings is 2. The van der Waals surface area contributed by atoms with Crippen LogP contribution < -0.4 is 0 Å². The molecule has 1 aliphatic rings. The molecule has 104 valence electrons. The van der Waals surface area contributed by atoms with Gasteiger partial charge in [0.05, 0.1) is 0 Å². The molecule has 0 amide bonds. The van der Waals surface area contributed by atoms with Crippen LogP contribution in [0.3, 0.4) is 0 Å². The molecule has 3 aromatic rings. The van der Waals surface area contributed by atoms with Crippen LogP contribution in [0.2, 0.25) is 0 Å². The fourth-order valence-corrected chi connectivity index (χ4v) is 3.78. The summed E-state index contributed by atoms with van der Waals surface area (Å²) >= 11 is 0. The lowest BCUT2D eigenvalue weighted by Crippen LogP contribution is -2.25. The van der Waals surface area contributed by atoms with Gasteiger partial charge in [0.15, 0.2) is 0 Å². The number of allylic oxidation sites excluding steroid dienone is 2. The zero-order valence-electron chi connectivity index (χ0n) is 12.5. The van der Waals surface area contributed by atoms with Gasteiger partial charge in [0.2, 0.25) is 0 Å². The Kier molecular flexibility index (Phi) is 2.58. The van der Waals surface area contributed by atoms with Crippen molar-refractivity contribution in [2.75, 3.05) is 0 Å². The van der Waals surface area contributed by atoms with Crippen LogP contribution in [0.25, 0.3) is 10.9 Å². The molecular formula is C20H19N. The summed E-state index contributed by atoms with van der Waals surface area (Å²) in [4.78, 5) is 0. The third kappa shape index (κ3) is 1.64. The third-order valence-electron chi connectivity index (χ3n) is 4.88. The zero-order chi connectivity index (χ0) is 14.4. The number of fused-ring (bicyclic) bond motifs is 3. The Morgan fingerprint density at radius 2 is 1.67 bits per heavy atom. The van der Waals surface area contributed by atoms with E-state index in [1.165, 1.54) is 27.7 Å². The minimum atomic E-state index is -0.0459. The van der Waals surface area contributed by atoms with E-state index in [9.17, 15) is 0 Å². The molecule has 4 rings (SSSR count). The van der Waals surface area contributed by atoms with Crippen molar-refractivity contribution < 1.29 is 0 Å². The van der Waals surface area contributed by atoms with Gasteiger partial charge in [-0.1, -0.05) is 60.7 Å². The molecule has 1 heterocycles. The van der Waals surface area contributed by atoms with Crippen LogP contribution in [0.1, 0.15) is 23.7 Å². The van der Waals surface area contributed by atoms with E-state index in [4.69, 9.17) is 0 Å². The first-order valence-electron chi connectivity index (χ1n) is 7.52. The van der Waals surface area contributed by atoms with Crippen LogP contribution in [0.15, 0.2) is 66.7 Å². The van der Waals surface area contributed by atoms with Crippen molar-refractivity contribution in [1.29, 1.82) is 0 Å². The molecule has 0 fully saturated rings. The number of aryl methyl sites for hydroxylation is 1. The van der Waals surface area contributed by atoms with E-state index in [2.05, 4.69) is 85.3 Å². The topological polar surface area (TPSA) is 4.93 Å². The molecule has 0 saturated carbocycles. The van der Waals surface area contributed by atoms with E-state index in [-0.39, 0.29) is 5.41 Å². The molecule has 0 radical (unpaired) electrons. The molecule has 1 atom stereocenters. The van der Waals surface area contributed by atoms with Crippen molar-refractivity contribution in [3.63, 3.8) is 0 Å². The summed E-state index contributed by atoms with van der Waals surface area (Å²) in [5.74, 6) is 0. The first-order valence-corrected chi connectivity index (χ1v) is 7.52. The Hall–Kier alpha value is -2.28. The van der Waals surface area contributed by atoms with Crippen molar-refractivity contribution in [2.45, 2.75) is 18.8 Å². The van der Waals surface area contributed by atoms with Crippen molar-refractivity contribution in [1.82, 2.24) is 4.57 Å². The molecule has 1 aliphatic carbocycles. The highest BCUT2D eigenvalue weighted by atomic mass is 15.0. The van der Waals surface area contributed by atoms with Gasteiger partial charge in [-0.2, -0.15) is 0 Å². The number of para-hydroxylation sites is 1. The molecule has 2 aromatic carbocycles. The maximum absolute atomic E-state index is 2.37. The van der Waals surface area contributed by atoms with Gasteiger partial charge >= 0.3 is 0 Å². The van der Waals surface area contributed by atoms with Crippen LogP contribution in [-0.2, 0) is 18.9 Å². The van der Waals surface area contributed by atoms with E-state index in [1.54, 1.807) is 0 Å². The van der Waals surface area contributed by atoms with Crippen LogP contribution in [0, 0.1) is 0 Å². The van der Waals surface area contributed by atoms with E-state index in [0.717, 1.165) is 6.42 Å². The summed E-state index contributed by atoms with van der Waals surface area (Å²) in [6, 6.07) is 19.6. The Bertz CT molecular complexity index is 839. The predicted octanol–water partition coefficient (Wildman–Crippen LogP) is 4.60. The summed E-state index contributed by atoms with van der Waals surface area (Å²) in [5, 5.41) is 1.38. The highest BCUT2D eigenvalue weighted by molar-refractivity contribution is 5.88. The number of rotatable bonds is 1. The average molecular weight is 273 g/mol. The second-order valence-corrected chi connectivity index (χ2v) is 6.07.